The molecule has 0 aromatic rings. The minimum atomic E-state index is -4.66. The standard InChI is InChI=1S/C21H37O9P/c1-2-3-11-14-19(30-24)15-12-9-7-5-4-6-8-10-13-16-21(23)29-20(17-22)18-28-31(25,26)27/h3,7,9,11-12,15,19-20,22,24H,2,4-6,8,10,13-14,16-18H2,1H3,(H2,25,26,27)/b9-7-,11-3-,15-12+. The largest absolute Gasteiger partial charge is 0.469 e. The average Bonchev–Trinajstić information content (AvgIpc) is 2.73. The summed E-state index contributed by atoms with van der Waals surface area (Å²) in [6.45, 7) is 0.917. The highest BCUT2D eigenvalue weighted by atomic mass is 31.2. The summed E-state index contributed by atoms with van der Waals surface area (Å²) < 4.78 is 19.8. The third-order valence-corrected chi connectivity index (χ3v) is 4.65. The molecule has 0 heterocycles. The van der Waals surface area contributed by atoms with Crippen molar-refractivity contribution in [1.29, 1.82) is 0 Å². The van der Waals surface area contributed by atoms with Crippen molar-refractivity contribution in [3.05, 3.63) is 36.5 Å². The van der Waals surface area contributed by atoms with Crippen LogP contribution in [0.3, 0.4) is 0 Å². The van der Waals surface area contributed by atoms with Crippen LogP contribution in [0.1, 0.15) is 64.7 Å². The summed E-state index contributed by atoms with van der Waals surface area (Å²) in [5.41, 5.74) is 0. The first-order chi connectivity index (χ1) is 14.8. The second-order valence-corrected chi connectivity index (χ2v) is 8.20. The fourth-order valence-electron chi connectivity index (χ4n) is 2.53. The Morgan fingerprint density at radius 3 is 2.39 bits per heavy atom. The van der Waals surface area contributed by atoms with Crippen molar-refractivity contribution >= 4 is 13.8 Å². The van der Waals surface area contributed by atoms with Gasteiger partial charge in [-0.15, -0.1) is 0 Å². The first-order valence-electron chi connectivity index (χ1n) is 10.6. The van der Waals surface area contributed by atoms with Gasteiger partial charge < -0.3 is 19.6 Å². The number of carbonyl (C=O) groups excluding carboxylic acids is 1. The lowest BCUT2D eigenvalue weighted by molar-refractivity contribution is -0.264. The Balaban J connectivity index is 3.76. The van der Waals surface area contributed by atoms with Crippen molar-refractivity contribution in [2.75, 3.05) is 13.2 Å². The van der Waals surface area contributed by atoms with Gasteiger partial charge in [-0.2, -0.15) is 0 Å². The number of phosphoric ester groups is 1. The van der Waals surface area contributed by atoms with Gasteiger partial charge in [0.2, 0.25) is 0 Å². The number of ether oxygens (including phenoxy) is 1. The van der Waals surface area contributed by atoms with Gasteiger partial charge >= 0.3 is 13.8 Å². The highest BCUT2D eigenvalue weighted by Gasteiger charge is 2.20. The van der Waals surface area contributed by atoms with Gasteiger partial charge in [-0.1, -0.05) is 62.6 Å². The van der Waals surface area contributed by atoms with Crippen LogP contribution in [0.2, 0.25) is 0 Å². The number of hydrogen-bond donors (Lipinski definition) is 4. The Morgan fingerprint density at radius 2 is 1.74 bits per heavy atom. The van der Waals surface area contributed by atoms with Crippen molar-refractivity contribution in [3.63, 3.8) is 0 Å². The zero-order chi connectivity index (χ0) is 23.4. The zero-order valence-corrected chi connectivity index (χ0v) is 19.1. The number of aliphatic hydroxyl groups excluding tert-OH is 1. The molecule has 0 aliphatic carbocycles. The quantitative estimate of drug-likeness (QED) is 0.0423. The number of allylic oxidation sites excluding steroid dienone is 4. The van der Waals surface area contributed by atoms with Gasteiger partial charge in [0, 0.05) is 6.42 Å². The van der Waals surface area contributed by atoms with Crippen LogP contribution in [-0.2, 0) is 23.5 Å². The van der Waals surface area contributed by atoms with Crippen LogP contribution in [0.4, 0.5) is 0 Å². The van der Waals surface area contributed by atoms with Crippen LogP contribution >= 0.6 is 7.82 Å². The fraction of sp³-hybridized carbons (Fsp3) is 0.667. The minimum absolute atomic E-state index is 0.179. The maximum Gasteiger partial charge on any atom is 0.469 e. The van der Waals surface area contributed by atoms with E-state index in [9.17, 15) is 9.36 Å². The molecule has 0 saturated heterocycles. The number of rotatable bonds is 19. The number of hydrogen-bond acceptors (Lipinski definition) is 7. The summed E-state index contributed by atoms with van der Waals surface area (Å²) in [7, 11) is -4.66. The summed E-state index contributed by atoms with van der Waals surface area (Å²) in [5.74, 6) is -0.529. The van der Waals surface area contributed by atoms with Crippen LogP contribution in [-0.4, -0.2) is 51.5 Å². The van der Waals surface area contributed by atoms with E-state index < -0.39 is 33.1 Å². The molecule has 10 heteroatoms. The lowest BCUT2D eigenvalue weighted by Gasteiger charge is -2.15. The predicted octanol–water partition coefficient (Wildman–Crippen LogP) is 4.06. The molecule has 0 bridgehead atoms. The Hall–Kier alpha value is -1.32. The molecule has 2 atom stereocenters. The molecular formula is C21H37O9P. The van der Waals surface area contributed by atoms with Crippen molar-refractivity contribution < 1.29 is 43.7 Å². The van der Waals surface area contributed by atoms with Crippen molar-refractivity contribution in [2.24, 2.45) is 0 Å². The first kappa shape index (κ1) is 29.7. The molecule has 0 spiro atoms. The number of unbranched alkanes of at least 4 members (excludes halogenated alkanes) is 5. The maximum absolute atomic E-state index is 11.7. The molecule has 31 heavy (non-hydrogen) atoms. The maximum atomic E-state index is 11.7. The number of carbonyl (C=O) groups is 1. The third kappa shape index (κ3) is 20.3. The Kier molecular flexibility index (Phi) is 18.5. The van der Waals surface area contributed by atoms with Crippen molar-refractivity contribution in [2.45, 2.75) is 76.9 Å². The van der Waals surface area contributed by atoms with Crippen LogP contribution < -0.4 is 0 Å². The van der Waals surface area contributed by atoms with Crippen LogP contribution in [0, 0.1) is 0 Å². The summed E-state index contributed by atoms with van der Waals surface area (Å²) in [6, 6.07) is 0. The van der Waals surface area contributed by atoms with Gasteiger partial charge in [0.25, 0.3) is 0 Å². The molecule has 4 N–H and O–H groups in total. The monoisotopic (exact) mass is 464 g/mol. The molecule has 0 amide bonds. The molecule has 0 fully saturated rings. The molecule has 9 nitrogen and oxygen atoms in total. The van der Waals surface area contributed by atoms with Crippen LogP contribution in [0.5, 0.6) is 0 Å². The molecule has 0 aliphatic heterocycles. The topological polar surface area (TPSA) is 143 Å². The van der Waals surface area contributed by atoms with Crippen LogP contribution in [0.15, 0.2) is 36.5 Å². The third-order valence-electron chi connectivity index (χ3n) is 4.16. The van der Waals surface area contributed by atoms with Crippen LogP contribution in [0.25, 0.3) is 0 Å². The molecule has 0 saturated carbocycles. The molecule has 0 aromatic heterocycles. The van der Waals surface area contributed by atoms with E-state index in [1.165, 1.54) is 0 Å². The first-order valence-corrected chi connectivity index (χ1v) is 12.1. The number of phosphoric acid groups is 1. The van der Waals surface area contributed by atoms with E-state index >= 15 is 0 Å². The van der Waals surface area contributed by atoms with Crippen molar-refractivity contribution in [3.8, 4) is 0 Å². The van der Waals surface area contributed by atoms with E-state index in [-0.39, 0.29) is 12.5 Å². The van der Waals surface area contributed by atoms with Gasteiger partial charge in [0.15, 0.2) is 0 Å². The Morgan fingerprint density at radius 1 is 1.03 bits per heavy atom. The van der Waals surface area contributed by atoms with Gasteiger partial charge in [-0.25, -0.2) is 9.45 Å². The van der Waals surface area contributed by atoms with E-state index in [0.29, 0.717) is 12.8 Å². The SMILES string of the molecule is CC/C=C\CC(/C=C/C=C\CCCCCCCC(=O)OC(CO)COP(=O)(O)O)OO. The summed E-state index contributed by atoms with van der Waals surface area (Å²) in [4.78, 5) is 33.3. The average molecular weight is 464 g/mol. The normalized spacial score (nSPS) is 14.6. The van der Waals surface area contributed by atoms with Gasteiger partial charge in [0.1, 0.15) is 12.2 Å². The molecule has 180 valence electrons. The van der Waals surface area contributed by atoms with E-state index in [1.54, 1.807) is 6.08 Å². The molecule has 0 aromatic carbocycles. The van der Waals surface area contributed by atoms with E-state index in [2.05, 4.69) is 15.5 Å². The molecule has 0 radical (unpaired) electrons. The Bertz CT molecular complexity index is 583. The smallest absolute Gasteiger partial charge is 0.457 e. The molecular weight excluding hydrogens is 427 g/mol. The predicted molar refractivity (Wildman–Crippen MR) is 117 cm³/mol. The molecule has 0 rings (SSSR count). The fourth-order valence-corrected chi connectivity index (χ4v) is 2.89. The molecule has 2 unspecified atom stereocenters. The van der Waals surface area contributed by atoms with E-state index in [0.717, 1.165) is 38.5 Å². The van der Waals surface area contributed by atoms with Gasteiger partial charge in [-0.3, -0.25) is 14.6 Å². The lowest BCUT2D eigenvalue weighted by Crippen LogP contribution is -2.26. The summed E-state index contributed by atoms with van der Waals surface area (Å²) >= 11 is 0. The van der Waals surface area contributed by atoms with Gasteiger partial charge in [0.05, 0.1) is 13.2 Å². The lowest BCUT2D eigenvalue weighted by atomic mass is 10.1. The van der Waals surface area contributed by atoms with Crippen molar-refractivity contribution in [1.82, 2.24) is 0 Å². The van der Waals surface area contributed by atoms with E-state index in [4.69, 9.17) is 24.9 Å². The van der Waals surface area contributed by atoms with E-state index in [1.807, 2.05) is 31.2 Å². The van der Waals surface area contributed by atoms with Gasteiger partial charge in [-0.05, 0) is 32.1 Å². The summed E-state index contributed by atoms with van der Waals surface area (Å²) in [6.07, 6.45) is 17.4. The second-order valence-electron chi connectivity index (χ2n) is 6.96. The number of aliphatic hydroxyl groups is 1. The number of esters is 1. The highest BCUT2D eigenvalue weighted by molar-refractivity contribution is 7.46. The molecule has 0 aliphatic rings. The summed E-state index contributed by atoms with van der Waals surface area (Å²) in [5, 5.41) is 17.9. The Labute approximate surface area is 184 Å². The second kappa shape index (κ2) is 19.4. The minimum Gasteiger partial charge on any atom is -0.457 e. The zero-order valence-electron chi connectivity index (χ0n) is 18.2. The highest BCUT2D eigenvalue weighted by Crippen LogP contribution is 2.35.